The van der Waals surface area contributed by atoms with Crippen LogP contribution in [0.15, 0.2) is 190 Å². The number of ether oxygens (including phenoxy) is 2. The molecule has 0 amide bonds. The molecule has 10 nitrogen and oxygen atoms in total. The van der Waals surface area contributed by atoms with Crippen molar-refractivity contribution < 1.29 is 9.47 Å². The van der Waals surface area contributed by atoms with Crippen LogP contribution in [-0.4, -0.2) is 27.3 Å². The van der Waals surface area contributed by atoms with Crippen molar-refractivity contribution in [3.8, 4) is 11.5 Å². The van der Waals surface area contributed by atoms with Gasteiger partial charge in [-0.3, -0.25) is 0 Å². The first kappa shape index (κ1) is 43.4. The fourth-order valence-corrected chi connectivity index (χ4v) is 8.73. The summed E-state index contributed by atoms with van der Waals surface area (Å²) in [5.74, 6) is 1.66. The van der Waals surface area contributed by atoms with Crippen molar-refractivity contribution in [2.24, 2.45) is 20.5 Å². The van der Waals surface area contributed by atoms with Crippen molar-refractivity contribution in [1.29, 1.82) is 0 Å². The van der Waals surface area contributed by atoms with Gasteiger partial charge in [0.05, 0.1) is 38.0 Å². The maximum Gasteiger partial charge on any atom is 0.119 e. The standard InChI is InChI=1S/C54H58N8O2/c1-53(2)47-15-9-11-17-49(47)61(51(53)37-55-59-43-23-19-39(20-24-43)57-41-27-31-45(63-5)32-28-41)35-13-7-8-14-36-62-50-18-12-10-16-48(50)54(3,4)52(62)38-56-60-44-25-21-40(22-26-44)58-42-29-33-46(64-6)34-30-42/h9-12,15-34,37-38,57-58H,7-8,13-14,35-36H2,1-6H3. The quantitative estimate of drug-likeness (QED) is 0.0700. The third-order valence-corrected chi connectivity index (χ3v) is 12.3. The lowest BCUT2D eigenvalue weighted by Crippen LogP contribution is -2.27. The summed E-state index contributed by atoms with van der Waals surface area (Å²) in [5, 5.41) is 25.3. The first-order valence-electron chi connectivity index (χ1n) is 22.1. The van der Waals surface area contributed by atoms with Gasteiger partial charge in [-0.05, 0) is 133 Å². The summed E-state index contributed by atoms with van der Waals surface area (Å²) >= 11 is 0. The summed E-state index contributed by atoms with van der Waals surface area (Å²) < 4.78 is 10.6. The topological polar surface area (TPSA) is 98.4 Å². The van der Waals surface area contributed by atoms with Gasteiger partial charge in [0.15, 0.2) is 0 Å². The van der Waals surface area contributed by atoms with E-state index in [0.717, 1.165) is 95.8 Å². The van der Waals surface area contributed by atoms with E-state index in [9.17, 15) is 0 Å². The zero-order chi connectivity index (χ0) is 44.5. The number of fused-ring (bicyclic) bond motifs is 2. The first-order valence-corrected chi connectivity index (χ1v) is 22.1. The predicted molar refractivity (Wildman–Crippen MR) is 263 cm³/mol. The molecule has 10 heteroatoms. The normalized spacial score (nSPS) is 16.2. The lowest BCUT2D eigenvalue weighted by Gasteiger charge is -2.27. The van der Waals surface area contributed by atoms with Gasteiger partial charge in [0, 0.05) is 69.4 Å². The van der Waals surface area contributed by atoms with Crippen molar-refractivity contribution in [2.75, 3.05) is 47.7 Å². The second kappa shape index (κ2) is 19.5. The van der Waals surface area contributed by atoms with Crippen molar-refractivity contribution >= 4 is 45.5 Å². The minimum absolute atomic E-state index is 0.198. The summed E-state index contributed by atoms with van der Waals surface area (Å²) in [6.45, 7) is 11.0. The first-order chi connectivity index (χ1) is 31.1. The van der Waals surface area contributed by atoms with Crippen LogP contribution in [0, 0.1) is 0 Å². The number of azo groups is 2. The van der Waals surface area contributed by atoms with E-state index in [1.54, 1.807) is 14.2 Å². The number of methoxy groups -OCH3 is 2. The average Bonchev–Trinajstić information content (AvgIpc) is 3.67. The number of hydrogen-bond donors (Lipinski definition) is 2. The number of hydrogen-bond acceptors (Lipinski definition) is 10. The molecule has 2 N–H and O–H groups in total. The van der Waals surface area contributed by atoms with Gasteiger partial charge in [0.1, 0.15) is 11.5 Å². The smallest absolute Gasteiger partial charge is 0.119 e. The van der Waals surface area contributed by atoms with E-state index in [2.05, 4.69) is 117 Å². The molecule has 2 aliphatic rings. The number of para-hydroxylation sites is 2. The van der Waals surface area contributed by atoms with Crippen LogP contribution < -0.4 is 29.9 Å². The Hall–Kier alpha value is -7.20. The van der Waals surface area contributed by atoms with Gasteiger partial charge in [-0.15, -0.1) is 0 Å². The third kappa shape index (κ3) is 9.71. The molecule has 6 aromatic carbocycles. The van der Waals surface area contributed by atoms with Crippen molar-refractivity contribution in [1.82, 2.24) is 0 Å². The SMILES string of the molecule is COc1ccc(Nc2ccc(N=NC=C3N(CCCCCCN4C(=CN=Nc5ccc(Nc6ccc(OC)cc6)cc5)C(C)(C)c5ccccc54)c4ccccc4C3(C)C)cc2)cc1. The third-order valence-electron chi connectivity index (χ3n) is 12.3. The Morgan fingerprint density at radius 3 is 1.16 bits per heavy atom. The Morgan fingerprint density at radius 2 is 0.797 bits per heavy atom. The lowest BCUT2D eigenvalue weighted by atomic mass is 9.84. The Balaban J connectivity index is 0.878. The Labute approximate surface area is 378 Å². The van der Waals surface area contributed by atoms with Gasteiger partial charge in [-0.1, -0.05) is 76.9 Å². The molecule has 0 aliphatic carbocycles. The molecule has 64 heavy (non-hydrogen) atoms. The minimum Gasteiger partial charge on any atom is -0.497 e. The summed E-state index contributed by atoms with van der Waals surface area (Å²) in [5.41, 5.74) is 12.6. The molecular formula is C54H58N8O2. The zero-order valence-corrected chi connectivity index (χ0v) is 37.8. The molecule has 2 aliphatic heterocycles. The van der Waals surface area contributed by atoms with E-state index in [0.29, 0.717) is 0 Å². The van der Waals surface area contributed by atoms with Gasteiger partial charge >= 0.3 is 0 Å². The van der Waals surface area contributed by atoms with Crippen LogP contribution >= 0.6 is 0 Å². The van der Waals surface area contributed by atoms with E-state index in [1.165, 1.54) is 22.5 Å². The summed E-state index contributed by atoms with van der Waals surface area (Å²) in [4.78, 5) is 4.90. The maximum atomic E-state index is 5.28. The van der Waals surface area contributed by atoms with Crippen molar-refractivity contribution in [3.05, 3.63) is 181 Å². The molecule has 0 aromatic heterocycles. The number of allylic oxidation sites excluding steroid dienone is 2. The van der Waals surface area contributed by atoms with E-state index in [1.807, 2.05) is 109 Å². The highest BCUT2D eigenvalue weighted by Gasteiger charge is 2.41. The fraction of sp³-hybridized carbons (Fsp3) is 0.259. The summed E-state index contributed by atoms with van der Waals surface area (Å²) in [6, 6.07) is 49.2. The summed E-state index contributed by atoms with van der Waals surface area (Å²) in [6.07, 6.45) is 8.27. The number of nitrogens with one attached hydrogen (secondary N) is 2. The van der Waals surface area contributed by atoms with Crippen LogP contribution in [-0.2, 0) is 10.8 Å². The van der Waals surface area contributed by atoms with Gasteiger partial charge in [-0.25, -0.2) is 0 Å². The van der Waals surface area contributed by atoms with Crippen LogP contribution in [0.5, 0.6) is 11.5 Å². The predicted octanol–water partition coefficient (Wildman–Crippen LogP) is 14.9. The van der Waals surface area contributed by atoms with Crippen molar-refractivity contribution in [3.63, 3.8) is 0 Å². The molecule has 0 unspecified atom stereocenters. The molecule has 0 radical (unpaired) electrons. The number of rotatable bonds is 17. The highest BCUT2D eigenvalue weighted by atomic mass is 16.5. The fourth-order valence-electron chi connectivity index (χ4n) is 8.73. The van der Waals surface area contributed by atoms with Gasteiger partial charge in [0.2, 0.25) is 0 Å². The molecule has 0 saturated heterocycles. The average molecular weight is 851 g/mol. The van der Waals surface area contributed by atoms with Gasteiger partial charge in [0.25, 0.3) is 0 Å². The second-order valence-corrected chi connectivity index (χ2v) is 17.3. The van der Waals surface area contributed by atoms with Crippen molar-refractivity contribution in [2.45, 2.75) is 64.2 Å². The largest absolute Gasteiger partial charge is 0.497 e. The summed E-state index contributed by atoms with van der Waals surface area (Å²) in [7, 11) is 3.34. The van der Waals surface area contributed by atoms with Crippen LogP contribution in [0.2, 0.25) is 0 Å². The number of benzene rings is 6. The molecule has 0 spiro atoms. The molecule has 326 valence electrons. The molecular weight excluding hydrogens is 793 g/mol. The monoisotopic (exact) mass is 850 g/mol. The highest BCUT2D eigenvalue weighted by Crippen LogP contribution is 2.49. The minimum atomic E-state index is -0.198. The number of nitrogens with zero attached hydrogens (tertiary/aromatic N) is 6. The molecule has 8 rings (SSSR count). The van der Waals surface area contributed by atoms with Gasteiger partial charge < -0.3 is 29.9 Å². The van der Waals surface area contributed by atoms with Crippen LogP contribution in [0.25, 0.3) is 0 Å². The molecule has 0 fully saturated rings. The van der Waals surface area contributed by atoms with Crippen LogP contribution in [0.1, 0.15) is 64.5 Å². The van der Waals surface area contributed by atoms with Crippen LogP contribution in [0.4, 0.5) is 45.5 Å². The Morgan fingerprint density at radius 1 is 0.453 bits per heavy atom. The van der Waals surface area contributed by atoms with E-state index in [-0.39, 0.29) is 10.8 Å². The second-order valence-electron chi connectivity index (χ2n) is 17.3. The molecule has 2 heterocycles. The Kier molecular flexibility index (Phi) is 13.2. The molecule has 0 atom stereocenters. The highest BCUT2D eigenvalue weighted by molar-refractivity contribution is 5.71. The molecule has 0 bridgehead atoms. The van der Waals surface area contributed by atoms with E-state index >= 15 is 0 Å². The number of anilines is 6. The van der Waals surface area contributed by atoms with E-state index in [4.69, 9.17) is 9.47 Å². The number of unbranched alkanes of at least 4 members (excludes halogenated alkanes) is 3. The molecule has 0 saturated carbocycles. The maximum absolute atomic E-state index is 5.28. The van der Waals surface area contributed by atoms with Crippen LogP contribution in [0.3, 0.4) is 0 Å². The van der Waals surface area contributed by atoms with Gasteiger partial charge in [-0.2, -0.15) is 20.5 Å². The lowest BCUT2D eigenvalue weighted by molar-refractivity contribution is 0.415. The molecule has 6 aromatic rings. The van der Waals surface area contributed by atoms with E-state index < -0.39 is 0 Å². The zero-order valence-electron chi connectivity index (χ0n) is 37.8. The Bertz CT molecular complexity index is 2450.